The summed E-state index contributed by atoms with van der Waals surface area (Å²) in [5.41, 5.74) is 7.02. The van der Waals surface area contributed by atoms with E-state index in [0.717, 1.165) is 17.9 Å². The molecule has 1 heterocycles. The third kappa shape index (κ3) is 3.17. The first-order chi connectivity index (χ1) is 8.69. The molecule has 2 aromatic rings. The van der Waals surface area contributed by atoms with Crippen molar-refractivity contribution in [2.24, 2.45) is 5.73 Å². The molecule has 96 valence electrons. The summed E-state index contributed by atoms with van der Waals surface area (Å²) in [5, 5.41) is 0. The van der Waals surface area contributed by atoms with Crippen LogP contribution in [0, 0.1) is 5.82 Å². The van der Waals surface area contributed by atoms with Crippen LogP contribution in [0.2, 0.25) is 0 Å². The molecule has 18 heavy (non-hydrogen) atoms. The quantitative estimate of drug-likeness (QED) is 0.879. The Kier molecular flexibility index (Phi) is 4.10. The summed E-state index contributed by atoms with van der Waals surface area (Å²) < 4.78 is 15.1. The van der Waals surface area contributed by atoms with E-state index in [4.69, 9.17) is 5.73 Å². The molecule has 2 N–H and O–H groups in total. The molecule has 0 bridgehead atoms. The van der Waals surface area contributed by atoms with E-state index >= 15 is 0 Å². The van der Waals surface area contributed by atoms with E-state index in [-0.39, 0.29) is 11.9 Å². The molecule has 3 nitrogen and oxygen atoms in total. The number of aryl methyl sites for hydroxylation is 1. The van der Waals surface area contributed by atoms with Gasteiger partial charge in [-0.3, -0.25) is 0 Å². The van der Waals surface area contributed by atoms with Crippen LogP contribution in [0.1, 0.15) is 18.3 Å². The third-order valence-corrected chi connectivity index (χ3v) is 2.97. The molecule has 0 amide bonds. The first-order valence-corrected chi connectivity index (χ1v) is 6.19. The number of rotatable bonds is 5. The van der Waals surface area contributed by atoms with Gasteiger partial charge in [0.2, 0.25) is 0 Å². The highest BCUT2D eigenvalue weighted by atomic mass is 19.1. The van der Waals surface area contributed by atoms with E-state index in [1.165, 1.54) is 12.1 Å². The molecule has 0 aliphatic heterocycles. The number of nitrogens with zero attached hydrogens (tertiary/aromatic N) is 2. The first-order valence-electron chi connectivity index (χ1n) is 6.19. The normalized spacial score (nSPS) is 12.6. The maximum atomic E-state index is 13.1. The fraction of sp³-hybridized carbons (Fsp3) is 0.357. The van der Waals surface area contributed by atoms with Gasteiger partial charge in [-0.1, -0.05) is 12.1 Å². The van der Waals surface area contributed by atoms with Gasteiger partial charge in [0, 0.05) is 31.4 Å². The fourth-order valence-corrected chi connectivity index (χ4v) is 2.09. The van der Waals surface area contributed by atoms with Crippen molar-refractivity contribution >= 4 is 0 Å². The van der Waals surface area contributed by atoms with Gasteiger partial charge in [0.15, 0.2) is 0 Å². The second-order valence-electron chi connectivity index (χ2n) is 4.43. The third-order valence-electron chi connectivity index (χ3n) is 2.97. The Morgan fingerprint density at radius 3 is 2.94 bits per heavy atom. The number of benzene rings is 1. The van der Waals surface area contributed by atoms with Gasteiger partial charge < -0.3 is 10.3 Å². The highest BCUT2D eigenvalue weighted by Gasteiger charge is 2.09. The van der Waals surface area contributed by atoms with Crippen molar-refractivity contribution < 1.29 is 4.39 Å². The van der Waals surface area contributed by atoms with E-state index in [2.05, 4.69) is 16.5 Å². The van der Waals surface area contributed by atoms with E-state index < -0.39 is 0 Å². The Labute approximate surface area is 106 Å². The number of hydrogen-bond acceptors (Lipinski definition) is 2. The second-order valence-corrected chi connectivity index (χ2v) is 4.43. The Morgan fingerprint density at radius 1 is 1.39 bits per heavy atom. The molecule has 0 radical (unpaired) electrons. The van der Waals surface area contributed by atoms with Crippen LogP contribution < -0.4 is 5.73 Å². The van der Waals surface area contributed by atoms with Crippen molar-refractivity contribution in [1.29, 1.82) is 0 Å². The lowest BCUT2D eigenvalue weighted by molar-refractivity contribution is 0.595. The van der Waals surface area contributed by atoms with Crippen molar-refractivity contribution in [2.45, 2.75) is 32.4 Å². The lowest BCUT2D eigenvalue weighted by Crippen LogP contribution is -2.27. The van der Waals surface area contributed by atoms with Crippen molar-refractivity contribution in [2.75, 3.05) is 0 Å². The lowest BCUT2D eigenvalue weighted by Gasteiger charge is -2.12. The summed E-state index contributed by atoms with van der Waals surface area (Å²) in [6.45, 7) is 2.96. The maximum Gasteiger partial charge on any atom is 0.123 e. The molecule has 0 aliphatic rings. The summed E-state index contributed by atoms with van der Waals surface area (Å²) in [4.78, 5) is 4.30. The maximum absolute atomic E-state index is 13.1. The zero-order chi connectivity index (χ0) is 13.0. The predicted molar refractivity (Wildman–Crippen MR) is 69.7 cm³/mol. The van der Waals surface area contributed by atoms with Gasteiger partial charge in [0.05, 0.1) is 0 Å². The summed E-state index contributed by atoms with van der Waals surface area (Å²) in [5.74, 6) is 0.774. The van der Waals surface area contributed by atoms with E-state index in [1.807, 2.05) is 12.3 Å². The van der Waals surface area contributed by atoms with Gasteiger partial charge in [-0.2, -0.15) is 0 Å². The SMILES string of the molecule is CCn1ccnc1CC(N)Cc1cccc(F)c1. The summed E-state index contributed by atoms with van der Waals surface area (Å²) in [7, 11) is 0. The molecule has 4 heteroatoms. The number of hydrogen-bond donors (Lipinski definition) is 1. The Balaban J connectivity index is 1.98. The largest absolute Gasteiger partial charge is 0.335 e. The van der Waals surface area contributed by atoms with E-state index in [9.17, 15) is 4.39 Å². The Bertz CT molecular complexity index is 507. The van der Waals surface area contributed by atoms with Crippen LogP contribution in [0.3, 0.4) is 0 Å². The van der Waals surface area contributed by atoms with Crippen molar-refractivity contribution in [3.63, 3.8) is 0 Å². The highest BCUT2D eigenvalue weighted by Crippen LogP contribution is 2.08. The zero-order valence-electron chi connectivity index (χ0n) is 10.5. The minimum Gasteiger partial charge on any atom is -0.335 e. The van der Waals surface area contributed by atoms with Gasteiger partial charge in [0.25, 0.3) is 0 Å². The van der Waals surface area contributed by atoms with Crippen LogP contribution >= 0.6 is 0 Å². The van der Waals surface area contributed by atoms with Crippen LogP contribution in [0.4, 0.5) is 4.39 Å². The number of imidazole rings is 1. The topological polar surface area (TPSA) is 43.8 Å². The predicted octanol–water partition coefficient (Wildman–Crippen LogP) is 2.15. The molecule has 1 aromatic heterocycles. The lowest BCUT2D eigenvalue weighted by atomic mass is 10.0. The fourth-order valence-electron chi connectivity index (χ4n) is 2.09. The van der Waals surface area contributed by atoms with E-state index in [1.54, 1.807) is 12.3 Å². The monoisotopic (exact) mass is 247 g/mol. The molecular weight excluding hydrogens is 229 g/mol. The van der Waals surface area contributed by atoms with Gasteiger partial charge >= 0.3 is 0 Å². The average Bonchev–Trinajstić information content (AvgIpc) is 2.76. The Morgan fingerprint density at radius 2 is 2.22 bits per heavy atom. The van der Waals surface area contributed by atoms with E-state index in [0.29, 0.717) is 12.8 Å². The molecule has 0 fully saturated rings. The molecule has 2 rings (SSSR count). The van der Waals surface area contributed by atoms with Gasteiger partial charge in [-0.05, 0) is 31.0 Å². The van der Waals surface area contributed by atoms with Crippen molar-refractivity contribution in [3.05, 3.63) is 53.9 Å². The molecule has 0 saturated heterocycles. The standard InChI is InChI=1S/C14H18FN3/c1-2-18-7-6-17-14(18)10-13(16)9-11-4-3-5-12(15)8-11/h3-8,13H,2,9-10,16H2,1H3. The molecule has 0 aliphatic carbocycles. The van der Waals surface area contributed by atoms with Crippen LogP contribution in [0.15, 0.2) is 36.7 Å². The number of aromatic nitrogens is 2. The first kappa shape index (κ1) is 12.8. The van der Waals surface area contributed by atoms with Crippen LogP contribution in [0.25, 0.3) is 0 Å². The van der Waals surface area contributed by atoms with Crippen LogP contribution in [-0.4, -0.2) is 15.6 Å². The summed E-state index contributed by atoms with van der Waals surface area (Å²) >= 11 is 0. The summed E-state index contributed by atoms with van der Waals surface area (Å²) in [6.07, 6.45) is 5.10. The van der Waals surface area contributed by atoms with Crippen LogP contribution in [-0.2, 0) is 19.4 Å². The molecule has 0 saturated carbocycles. The minimum atomic E-state index is -0.213. The van der Waals surface area contributed by atoms with Gasteiger partial charge in [-0.15, -0.1) is 0 Å². The average molecular weight is 247 g/mol. The molecule has 1 unspecified atom stereocenters. The van der Waals surface area contributed by atoms with Crippen molar-refractivity contribution in [1.82, 2.24) is 9.55 Å². The molecule has 0 spiro atoms. The molecule has 1 atom stereocenters. The second kappa shape index (κ2) is 5.78. The van der Waals surface area contributed by atoms with Crippen LogP contribution in [0.5, 0.6) is 0 Å². The van der Waals surface area contributed by atoms with Gasteiger partial charge in [0.1, 0.15) is 11.6 Å². The zero-order valence-corrected chi connectivity index (χ0v) is 10.5. The van der Waals surface area contributed by atoms with Gasteiger partial charge in [-0.25, -0.2) is 9.37 Å². The molecular formula is C14H18FN3. The minimum absolute atomic E-state index is 0.0421. The smallest absolute Gasteiger partial charge is 0.123 e. The summed E-state index contributed by atoms with van der Waals surface area (Å²) in [6, 6.07) is 6.55. The Hall–Kier alpha value is -1.68. The van der Waals surface area contributed by atoms with Crippen molar-refractivity contribution in [3.8, 4) is 0 Å². The highest BCUT2D eigenvalue weighted by molar-refractivity contribution is 5.17. The number of halogens is 1. The molecule has 1 aromatic carbocycles. The number of nitrogens with two attached hydrogens (primary N) is 1.